The molecule has 2 saturated carbocycles. The van der Waals surface area contributed by atoms with Crippen LogP contribution in [0.3, 0.4) is 0 Å². The number of urea groups is 1. The van der Waals surface area contributed by atoms with Crippen LogP contribution in [0.5, 0.6) is 5.75 Å². The zero-order chi connectivity index (χ0) is 27.6. The van der Waals surface area contributed by atoms with Gasteiger partial charge in [-0.2, -0.15) is 8.42 Å². The van der Waals surface area contributed by atoms with E-state index in [9.17, 15) is 22.8 Å². The normalized spacial score (nSPS) is 22.1. The van der Waals surface area contributed by atoms with Crippen LogP contribution in [0.4, 0.5) is 10.5 Å². The summed E-state index contributed by atoms with van der Waals surface area (Å²) in [5, 5.41) is 2.76. The van der Waals surface area contributed by atoms with Crippen molar-refractivity contribution in [3.8, 4) is 5.75 Å². The number of hydrogen-bond acceptors (Lipinski definition) is 8. The van der Waals surface area contributed by atoms with Crippen molar-refractivity contribution in [2.24, 2.45) is 22.5 Å². The SMILES string of the molecule is Cc1ccc(C(=O)c2oc3cc(OS(=O)(=O)CC45CC[C@H](CC4=O)C5(C)C)ccc3c2NC(N)=O)c(C)n1. The number of primary amides is 1. The van der Waals surface area contributed by atoms with Gasteiger partial charge in [0, 0.05) is 34.8 Å². The molecule has 2 aliphatic carbocycles. The molecule has 2 heterocycles. The van der Waals surface area contributed by atoms with E-state index in [4.69, 9.17) is 14.3 Å². The molecule has 2 amide bonds. The van der Waals surface area contributed by atoms with Crippen LogP contribution >= 0.6 is 0 Å². The minimum atomic E-state index is -4.15. The fourth-order valence-electron chi connectivity index (χ4n) is 6.17. The Labute approximate surface area is 220 Å². The smallest absolute Gasteiger partial charge is 0.316 e. The molecule has 10 nitrogen and oxygen atoms in total. The van der Waals surface area contributed by atoms with Gasteiger partial charge in [-0.25, -0.2) is 4.79 Å². The maximum Gasteiger partial charge on any atom is 0.316 e. The summed E-state index contributed by atoms with van der Waals surface area (Å²) in [5.74, 6) is -1.01. The first-order valence-electron chi connectivity index (χ1n) is 12.3. The minimum absolute atomic E-state index is 0.0291. The second-order valence-corrected chi connectivity index (χ2v) is 12.4. The lowest BCUT2D eigenvalue weighted by Crippen LogP contribution is -2.43. The Morgan fingerprint density at radius 1 is 1.21 bits per heavy atom. The van der Waals surface area contributed by atoms with E-state index in [1.54, 1.807) is 26.0 Å². The summed E-state index contributed by atoms with van der Waals surface area (Å²) in [6.45, 7) is 7.39. The minimum Gasteiger partial charge on any atom is -0.450 e. The molecule has 0 radical (unpaired) electrons. The molecule has 1 unspecified atom stereocenters. The number of nitrogens with zero attached hydrogens (tertiary/aromatic N) is 1. The topological polar surface area (TPSA) is 159 Å². The van der Waals surface area contributed by atoms with E-state index in [-0.39, 0.29) is 40.0 Å². The summed E-state index contributed by atoms with van der Waals surface area (Å²) in [6.07, 6.45) is 1.72. The number of aryl methyl sites for hydroxylation is 2. The van der Waals surface area contributed by atoms with Gasteiger partial charge < -0.3 is 19.7 Å². The molecular weight excluding hydrogens is 510 g/mol. The van der Waals surface area contributed by atoms with Crippen LogP contribution in [0.15, 0.2) is 34.7 Å². The second-order valence-electron chi connectivity index (χ2n) is 10.8. The molecule has 0 saturated heterocycles. The molecule has 1 aromatic carbocycles. The number of nitrogens with one attached hydrogen (secondary N) is 1. The van der Waals surface area contributed by atoms with Crippen LogP contribution in [0.1, 0.15) is 60.6 Å². The van der Waals surface area contributed by atoms with Gasteiger partial charge in [0.05, 0.1) is 11.2 Å². The summed E-state index contributed by atoms with van der Waals surface area (Å²) in [7, 11) is -4.15. The summed E-state index contributed by atoms with van der Waals surface area (Å²) >= 11 is 0. The molecule has 2 fully saturated rings. The number of benzene rings is 1. The Kier molecular flexibility index (Phi) is 5.90. The van der Waals surface area contributed by atoms with Crippen LogP contribution < -0.4 is 15.2 Å². The standard InChI is InChI=1S/C27H29N3O7S/c1-14-5-7-18(15(2)29-14)23(32)24-22(30-25(28)33)19-8-6-17(12-20(19)36-24)37-38(34,35)13-27-10-9-16(11-21(27)31)26(27,3)4/h5-8,12,16H,9-11,13H2,1-4H3,(H3,28,30,33)/t16-,27?/m1/s1. The van der Waals surface area contributed by atoms with Crippen molar-refractivity contribution >= 4 is 44.4 Å². The molecule has 0 aliphatic heterocycles. The Hall–Kier alpha value is -3.73. The zero-order valence-electron chi connectivity index (χ0n) is 21.6. The van der Waals surface area contributed by atoms with Gasteiger partial charge in [-0.1, -0.05) is 13.8 Å². The number of pyridine rings is 1. The number of amides is 2. The maximum absolute atomic E-state index is 13.3. The third-order valence-corrected chi connectivity index (χ3v) is 9.66. The molecule has 0 spiro atoms. The monoisotopic (exact) mass is 539 g/mol. The van der Waals surface area contributed by atoms with E-state index in [0.717, 1.165) is 12.1 Å². The van der Waals surface area contributed by atoms with Crippen LogP contribution in [0.25, 0.3) is 11.0 Å². The molecule has 200 valence electrons. The fourth-order valence-corrected chi connectivity index (χ4v) is 7.91. The summed E-state index contributed by atoms with van der Waals surface area (Å²) < 4.78 is 37.5. The third-order valence-electron chi connectivity index (χ3n) is 8.37. The van der Waals surface area contributed by atoms with E-state index in [1.807, 2.05) is 13.8 Å². The molecular formula is C27H29N3O7S. The van der Waals surface area contributed by atoms with Crippen molar-refractivity contribution in [1.29, 1.82) is 0 Å². The van der Waals surface area contributed by atoms with E-state index < -0.39 is 38.5 Å². The number of aromatic nitrogens is 1. The quantitative estimate of drug-likeness (QED) is 0.333. The van der Waals surface area contributed by atoms with Crippen molar-refractivity contribution in [3.05, 3.63) is 53.0 Å². The summed E-state index contributed by atoms with van der Waals surface area (Å²) in [6, 6.07) is 6.59. The van der Waals surface area contributed by atoms with Crippen molar-refractivity contribution in [2.75, 3.05) is 11.1 Å². The molecule has 2 atom stereocenters. The molecule has 2 bridgehead atoms. The highest BCUT2D eigenvalue weighted by atomic mass is 32.2. The Bertz CT molecular complexity index is 1620. The predicted molar refractivity (Wildman–Crippen MR) is 140 cm³/mol. The number of carbonyl (C=O) groups excluding carboxylic acids is 3. The average molecular weight is 540 g/mol. The highest BCUT2D eigenvalue weighted by Gasteiger charge is 2.65. The van der Waals surface area contributed by atoms with Crippen LogP contribution in [-0.2, 0) is 14.9 Å². The first-order valence-corrected chi connectivity index (χ1v) is 13.9. The van der Waals surface area contributed by atoms with E-state index in [1.165, 1.54) is 18.2 Å². The van der Waals surface area contributed by atoms with Gasteiger partial charge >= 0.3 is 16.1 Å². The predicted octanol–water partition coefficient (Wildman–Crippen LogP) is 4.27. The van der Waals surface area contributed by atoms with Crippen LogP contribution in [0.2, 0.25) is 0 Å². The number of hydrogen-bond donors (Lipinski definition) is 2. The fraction of sp³-hybridized carbons (Fsp3) is 0.407. The van der Waals surface area contributed by atoms with Gasteiger partial charge in [0.15, 0.2) is 5.76 Å². The molecule has 3 aromatic rings. The first-order chi connectivity index (χ1) is 17.7. The lowest BCUT2D eigenvalue weighted by Gasteiger charge is -2.35. The Balaban J connectivity index is 1.49. The summed E-state index contributed by atoms with van der Waals surface area (Å²) in [4.78, 5) is 42.2. The number of Topliss-reactive ketones (excluding diaryl/α,β-unsaturated/α-hetero) is 1. The first kappa shape index (κ1) is 25.9. The molecule has 2 aliphatic rings. The number of ketones is 2. The van der Waals surface area contributed by atoms with Crippen molar-refractivity contribution in [3.63, 3.8) is 0 Å². The molecule has 3 N–H and O–H groups in total. The van der Waals surface area contributed by atoms with Crippen molar-refractivity contribution < 1.29 is 31.4 Å². The molecule has 38 heavy (non-hydrogen) atoms. The van der Waals surface area contributed by atoms with Gasteiger partial charge in [0.2, 0.25) is 5.78 Å². The Morgan fingerprint density at radius 3 is 2.55 bits per heavy atom. The van der Waals surface area contributed by atoms with Gasteiger partial charge in [-0.05, 0) is 62.3 Å². The average Bonchev–Trinajstić information content (AvgIpc) is 3.33. The van der Waals surface area contributed by atoms with E-state index in [0.29, 0.717) is 23.9 Å². The summed E-state index contributed by atoms with van der Waals surface area (Å²) in [5.41, 5.74) is 5.60. The van der Waals surface area contributed by atoms with E-state index in [2.05, 4.69) is 10.3 Å². The zero-order valence-corrected chi connectivity index (χ0v) is 22.4. The molecule has 2 aromatic heterocycles. The lowest BCUT2D eigenvalue weighted by atomic mass is 9.70. The Morgan fingerprint density at radius 2 is 1.95 bits per heavy atom. The van der Waals surface area contributed by atoms with Crippen molar-refractivity contribution in [2.45, 2.75) is 47.0 Å². The highest BCUT2D eigenvalue weighted by molar-refractivity contribution is 7.87. The number of furan rings is 1. The number of fused-ring (bicyclic) bond motifs is 3. The highest BCUT2D eigenvalue weighted by Crippen LogP contribution is 2.64. The largest absolute Gasteiger partial charge is 0.450 e. The molecule has 11 heteroatoms. The number of anilines is 1. The van der Waals surface area contributed by atoms with Gasteiger partial charge in [0.25, 0.3) is 0 Å². The van der Waals surface area contributed by atoms with Gasteiger partial charge in [0.1, 0.15) is 22.8 Å². The van der Waals surface area contributed by atoms with Gasteiger partial charge in [-0.3, -0.25) is 14.6 Å². The molecule has 5 rings (SSSR count). The lowest BCUT2D eigenvalue weighted by molar-refractivity contribution is -0.128. The van der Waals surface area contributed by atoms with Crippen LogP contribution in [-0.4, -0.2) is 36.8 Å². The second kappa shape index (κ2) is 8.65. The number of carbonyl (C=O) groups is 3. The number of nitrogens with two attached hydrogens (primary N) is 1. The van der Waals surface area contributed by atoms with Crippen molar-refractivity contribution in [1.82, 2.24) is 4.98 Å². The van der Waals surface area contributed by atoms with Gasteiger partial charge in [-0.15, -0.1) is 0 Å². The maximum atomic E-state index is 13.3. The number of rotatable bonds is 7. The van der Waals surface area contributed by atoms with E-state index >= 15 is 0 Å². The third kappa shape index (κ3) is 4.05. The van der Waals surface area contributed by atoms with Crippen LogP contribution in [0, 0.1) is 30.6 Å².